The molecule has 10 heteroatoms. The highest BCUT2D eigenvalue weighted by atomic mass is 19.4. The summed E-state index contributed by atoms with van der Waals surface area (Å²) in [6, 6.07) is 6.47. The van der Waals surface area contributed by atoms with E-state index in [2.05, 4.69) is 20.6 Å². The summed E-state index contributed by atoms with van der Waals surface area (Å²) in [7, 11) is 1.42. The van der Waals surface area contributed by atoms with Crippen molar-refractivity contribution in [3.63, 3.8) is 0 Å². The van der Waals surface area contributed by atoms with E-state index in [0.29, 0.717) is 16.9 Å². The number of amides is 1. The van der Waals surface area contributed by atoms with Gasteiger partial charge in [-0.3, -0.25) is 4.79 Å². The number of benzene rings is 2. The van der Waals surface area contributed by atoms with Crippen LogP contribution in [0.5, 0.6) is 5.88 Å². The number of hydrogen-bond acceptors (Lipinski definition) is 5. The SMILES string of the molecule is COc1cnc(NC(=O)c2ccc(C(F)(F)F)cc2Nc2ccc(F)cc2C)c(C)n1. The minimum Gasteiger partial charge on any atom is -0.480 e. The molecule has 162 valence electrons. The first-order valence-corrected chi connectivity index (χ1v) is 9.02. The van der Waals surface area contributed by atoms with Crippen molar-refractivity contribution in [2.45, 2.75) is 20.0 Å². The molecule has 0 unspecified atom stereocenters. The molecule has 0 radical (unpaired) electrons. The summed E-state index contributed by atoms with van der Waals surface area (Å²) in [6.45, 7) is 3.19. The second-order valence-electron chi connectivity index (χ2n) is 6.64. The number of ether oxygens (including phenoxy) is 1. The van der Waals surface area contributed by atoms with Gasteiger partial charge in [-0.05, 0) is 55.8 Å². The fraction of sp³-hybridized carbons (Fsp3) is 0.190. The third-order valence-corrected chi connectivity index (χ3v) is 4.42. The Hall–Kier alpha value is -3.69. The quantitative estimate of drug-likeness (QED) is 0.536. The molecular weight excluding hydrogens is 416 g/mol. The summed E-state index contributed by atoms with van der Waals surface area (Å²) in [4.78, 5) is 21.0. The Morgan fingerprint density at radius 1 is 1.06 bits per heavy atom. The Balaban J connectivity index is 1.99. The zero-order valence-electron chi connectivity index (χ0n) is 16.8. The molecule has 1 aromatic heterocycles. The molecule has 1 heterocycles. The summed E-state index contributed by atoms with van der Waals surface area (Å²) >= 11 is 0. The van der Waals surface area contributed by atoms with Crippen LogP contribution in [0, 0.1) is 19.7 Å². The molecule has 6 nitrogen and oxygen atoms in total. The van der Waals surface area contributed by atoms with Gasteiger partial charge in [0.2, 0.25) is 5.88 Å². The lowest BCUT2D eigenvalue weighted by molar-refractivity contribution is -0.137. The van der Waals surface area contributed by atoms with Crippen LogP contribution >= 0.6 is 0 Å². The molecule has 0 bridgehead atoms. The fourth-order valence-electron chi connectivity index (χ4n) is 2.79. The molecule has 31 heavy (non-hydrogen) atoms. The largest absolute Gasteiger partial charge is 0.480 e. The van der Waals surface area contributed by atoms with Crippen LogP contribution in [0.4, 0.5) is 34.8 Å². The second kappa shape index (κ2) is 8.58. The normalized spacial score (nSPS) is 11.2. The van der Waals surface area contributed by atoms with Crippen LogP contribution < -0.4 is 15.4 Å². The van der Waals surface area contributed by atoms with E-state index < -0.39 is 23.5 Å². The minimum atomic E-state index is -4.61. The maximum atomic E-state index is 13.4. The van der Waals surface area contributed by atoms with Crippen LogP contribution in [0.3, 0.4) is 0 Å². The molecule has 0 aliphatic rings. The van der Waals surface area contributed by atoms with E-state index in [4.69, 9.17) is 4.74 Å². The van der Waals surface area contributed by atoms with E-state index in [1.54, 1.807) is 13.8 Å². The lowest BCUT2D eigenvalue weighted by Gasteiger charge is -2.17. The van der Waals surface area contributed by atoms with Crippen LogP contribution in [-0.4, -0.2) is 23.0 Å². The van der Waals surface area contributed by atoms with E-state index in [9.17, 15) is 22.4 Å². The minimum absolute atomic E-state index is 0.0613. The molecule has 2 N–H and O–H groups in total. The van der Waals surface area contributed by atoms with E-state index in [1.807, 2.05) is 0 Å². The summed E-state index contributed by atoms with van der Waals surface area (Å²) in [5.74, 6) is -0.800. The molecule has 0 aliphatic carbocycles. The van der Waals surface area contributed by atoms with Crippen molar-refractivity contribution >= 4 is 23.1 Å². The highest BCUT2D eigenvalue weighted by Gasteiger charge is 2.31. The Labute approximate surface area is 175 Å². The number of aromatic nitrogens is 2. The highest BCUT2D eigenvalue weighted by molar-refractivity contribution is 6.08. The molecule has 3 rings (SSSR count). The molecule has 0 saturated carbocycles. The van der Waals surface area contributed by atoms with Gasteiger partial charge in [-0.15, -0.1) is 0 Å². The molecule has 3 aromatic rings. The standard InChI is InChI=1S/C21H18F4N4O2/c1-11-8-14(22)5-7-16(11)28-17-9-13(21(23,24)25)4-6-15(17)20(30)29-19-12(2)27-18(31-3)10-26-19/h4-10,28H,1-3H3,(H,26,29,30). The Bertz CT molecular complexity index is 1130. The number of anilines is 3. The van der Waals surface area contributed by atoms with Crippen LogP contribution in [-0.2, 0) is 6.18 Å². The van der Waals surface area contributed by atoms with E-state index in [0.717, 1.165) is 18.2 Å². The topological polar surface area (TPSA) is 76.1 Å². The number of aryl methyl sites for hydroxylation is 2. The Morgan fingerprint density at radius 2 is 1.81 bits per heavy atom. The van der Waals surface area contributed by atoms with E-state index in [1.165, 1.54) is 31.5 Å². The third kappa shape index (κ3) is 5.08. The van der Waals surface area contributed by atoms with Gasteiger partial charge in [0.05, 0.1) is 35.8 Å². The van der Waals surface area contributed by atoms with Crippen molar-refractivity contribution in [3.8, 4) is 5.88 Å². The predicted molar refractivity (Wildman–Crippen MR) is 107 cm³/mol. The molecule has 1 amide bonds. The van der Waals surface area contributed by atoms with Crippen molar-refractivity contribution < 1.29 is 27.1 Å². The average molecular weight is 434 g/mol. The van der Waals surface area contributed by atoms with Crippen molar-refractivity contribution in [3.05, 3.63) is 70.8 Å². The van der Waals surface area contributed by atoms with Gasteiger partial charge in [0, 0.05) is 5.69 Å². The fourth-order valence-corrected chi connectivity index (χ4v) is 2.79. The number of alkyl halides is 3. The van der Waals surface area contributed by atoms with Gasteiger partial charge in [-0.1, -0.05) is 0 Å². The number of nitrogens with zero attached hydrogens (tertiary/aromatic N) is 2. The first-order valence-electron chi connectivity index (χ1n) is 9.02. The first-order chi connectivity index (χ1) is 14.6. The lowest BCUT2D eigenvalue weighted by atomic mass is 10.1. The smallest absolute Gasteiger partial charge is 0.416 e. The van der Waals surface area contributed by atoms with Gasteiger partial charge in [-0.2, -0.15) is 13.2 Å². The number of hydrogen-bond donors (Lipinski definition) is 2. The zero-order valence-corrected chi connectivity index (χ0v) is 16.8. The van der Waals surface area contributed by atoms with Crippen LogP contribution in [0.25, 0.3) is 0 Å². The number of carbonyl (C=O) groups is 1. The van der Waals surface area contributed by atoms with Crippen molar-refractivity contribution in [2.24, 2.45) is 0 Å². The highest BCUT2D eigenvalue weighted by Crippen LogP contribution is 2.34. The molecule has 0 fully saturated rings. The van der Waals surface area contributed by atoms with Crippen molar-refractivity contribution in [1.82, 2.24) is 9.97 Å². The summed E-state index contributed by atoms with van der Waals surface area (Å²) in [5.41, 5.74) is 0.0842. The van der Waals surface area contributed by atoms with Crippen LogP contribution in [0.2, 0.25) is 0 Å². The maximum Gasteiger partial charge on any atom is 0.416 e. The van der Waals surface area contributed by atoms with E-state index in [-0.39, 0.29) is 22.9 Å². The average Bonchev–Trinajstić information content (AvgIpc) is 2.70. The summed E-state index contributed by atoms with van der Waals surface area (Å²) < 4.78 is 58.1. The number of rotatable bonds is 5. The van der Waals surface area contributed by atoms with Gasteiger partial charge in [-0.25, -0.2) is 14.4 Å². The molecule has 0 saturated heterocycles. The second-order valence-corrected chi connectivity index (χ2v) is 6.64. The van der Waals surface area contributed by atoms with Gasteiger partial charge in [0.15, 0.2) is 5.82 Å². The van der Waals surface area contributed by atoms with Gasteiger partial charge in [0.1, 0.15) is 5.82 Å². The molecule has 0 atom stereocenters. The first kappa shape index (κ1) is 22.0. The summed E-state index contributed by atoms with van der Waals surface area (Å²) in [6.07, 6.45) is -3.31. The zero-order chi connectivity index (χ0) is 22.8. The van der Waals surface area contributed by atoms with Gasteiger partial charge >= 0.3 is 6.18 Å². The number of nitrogens with one attached hydrogen (secondary N) is 2. The van der Waals surface area contributed by atoms with E-state index >= 15 is 0 Å². The van der Waals surface area contributed by atoms with Gasteiger partial charge in [0.25, 0.3) is 5.91 Å². The molecular formula is C21H18F4N4O2. The van der Waals surface area contributed by atoms with Gasteiger partial charge < -0.3 is 15.4 Å². The van der Waals surface area contributed by atoms with Crippen molar-refractivity contribution in [2.75, 3.05) is 17.7 Å². The predicted octanol–water partition coefficient (Wildman–Crippen LogP) is 5.26. The molecule has 2 aromatic carbocycles. The number of carbonyl (C=O) groups excluding carboxylic acids is 1. The summed E-state index contributed by atoms with van der Waals surface area (Å²) in [5, 5.41) is 5.33. The Kier molecular flexibility index (Phi) is 6.09. The maximum absolute atomic E-state index is 13.4. The lowest BCUT2D eigenvalue weighted by Crippen LogP contribution is -2.17. The van der Waals surface area contributed by atoms with Crippen LogP contribution in [0.1, 0.15) is 27.2 Å². The Morgan fingerprint density at radius 3 is 2.42 bits per heavy atom. The third-order valence-electron chi connectivity index (χ3n) is 4.42. The monoisotopic (exact) mass is 434 g/mol. The van der Waals surface area contributed by atoms with Crippen LogP contribution in [0.15, 0.2) is 42.6 Å². The van der Waals surface area contributed by atoms with Crippen molar-refractivity contribution in [1.29, 1.82) is 0 Å². The number of halogens is 4. The number of methoxy groups -OCH3 is 1. The molecule has 0 spiro atoms. The molecule has 0 aliphatic heterocycles.